The first-order valence-electron chi connectivity index (χ1n) is 6.27. The van der Waals surface area contributed by atoms with Gasteiger partial charge in [-0.25, -0.2) is 4.79 Å². The van der Waals surface area contributed by atoms with Gasteiger partial charge in [0.15, 0.2) is 0 Å². The molecular weight excluding hydrogens is 214 g/mol. The molecule has 0 bridgehead atoms. The number of rotatable bonds is 6. The van der Waals surface area contributed by atoms with Crippen molar-refractivity contribution in [2.24, 2.45) is 0 Å². The molecule has 1 aliphatic rings. The van der Waals surface area contributed by atoms with E-state index in [2.05, 4.69) is 11.8 Å². The van der Waals surface area contributed by atoms with E-state index in [0.717, 1.165) is 31.1 Å². The van der Waals surface area contributed by atoms with Crippen LogP contribution in [0.2, 0.25) is 0 Å². The van der Waals surface area contributed by atoms with Gasteiger partial charge in [0.2, 0.25) is 0 Å². The van der Waals surface area contributed by atoms with Gasteiger partial charge in [-0.2, -0.15) is 0 Å². The third kappa shape index (κ3) is 3.30. The summed E-state index contributed by atoms with van der Waals surface area (Å²) in [5.74, 6) is -0.847. The van der Waals surface area contributed by atoms with Gasteiger partial charge in [0.25, 0.3) is 0 Å². The Hall–Kier alpha value is -1.35. The zero-order valence-electron chi connectivity index (χ0n) is 10.2. The molecule has 0 aromatic heterocycles. The van der Waals surface area contributed by atoms with Crippen LogP contribution >= 0.6 is 0 Å². The van der Waals surface area contributed by atoms with Crippen LogP contribution in [0.1, 0.15) is 42.1 Å². The summed E-state index contributed by atoms with van der Waals surface area (Å²) in [5, 5.41) is 8.95. The first-order valence-corrected chi connectivity index (χ1v) is 6.27. The zero-order chi connectivity index (χ0) is 12.3. The maximum atomic E-state index is 10.9. The van der Waals surface area contributed by atoms with E-state index in [9.17, 15) is 4.79 Å². The summed E-state index contributed by atoms with van der Waals surface area (Å²) < 4.78 is 0. The Morgan fingerprint density at radius 2 is 2.24 bits per heavy atom. The van der Waals surface area contributed by atoms with Gasteiger partial charge in [0.1, 0.15) is 0 Å². The molecule has 0 saturated heterocycles. The SMILES string of the molecule is CCCN(Cc1cccc(C(=O)O)c1)C1CC1. The highest BCUT2D eigenvalue weighted by Gasteiger charge is 2.28. The number of benzene rings is 1. The van der Waals surface area contributed by atoms with E-state index in [1.165, 1.54) is 12.8 Å². The summed E-state index contributed by atoms with van der Waals surface area (Å²) in [5.41, 5.74) is 1.49. The minimum Gasteiger partial charge on any atom is -0.478 e. The van der Waals surface area contributed by atoms with E-state index in [-0.39, 0.29) is 0 Å². The molecule has 0 atom stereocenters. The second kappa shape index (κ2) is 5.32. The molecule has 2 rings (SSSR count). The normalized spacial score (nSPS) is 15.2. The van der Waals surface area contributed by atoms with Crippen LogP contribution in [0.15, 0.2) is 24.3 Å². The maximum Gasteiger partial charge on any atom is 0.335 e. The van der Waals surface area contributed by atoms with Crippen molar-refractivity contribution < 1.29 is 9.90 Å². The van der Waals surface area contributed by atoms with Crippen LogP contribution in [0, 0.1) is 0 Å². The molecule has 17 heavy (non-hydrogen) atoms. The molecule has 3 nitrogen and oxygen atoms in total. The molecule has 1 fully saturated rings. The Morgan fingerprint density at radius 1 is 1.47 bits per heavy atom. The number of hydrogen-bond acceptors (Lipinski definition) is 2. The van der Waals surface area contributed by atoms with Crippen molar-refractivity contribution in [3.63, 3.8) is 0 Å². The van der Waals surface area contributed by atoms with Crippen molar-refractivity contribution >= 4 is 5.97 Å². The molecule has 0 heterocycles. The summed E-state index contributed by atoms with van der Waals surface area (Å²) in [6.07, 6.45) is 3.73. The summed E-state index contributed by atoms with van der Waals surface area (Å²) in [7, 11) is 0. The average molecular weight is 233 g/mol. The third-order valence-electron chi connectivity index (χ3n) is 3.13. The Balaban J connectivity index is 2.05. The molecule has 0 amide bonds. The summed E-state index contributed by atoms with van der Waals surface area (Å²) in [6.45, 7) is 4.16. The van der Waals surface area contributed by atoms with Crippen molar-refractivity contribution in [1.82, 2.24) is 4.90 Å². The van der Waals surface area contributed by atoms with Crippen LogP contribution in [0.25, 0.3) is 0 Å². The van der Waals surface area contributed by atoms with Gasteiger partial charge in [-0.15, -0.1) is 0 Å². The number of carbonyl (C=O) groups is 1. The van der Waals surface area contributed by atoms with E-state index in [1.54, 1.807) is 12.1 Å². The number of carboxylic acid groups (broad SMARTS) is 1. The van der Waals surface area contributed by atoms with Gasteiger partial charge in [-0.3, -0.25) is 4.90 Å². The predicted octanol–water partition coefficient (Wildman–Crippen LogP) is 2.76. The fraction of sp³-hybridized carbons (Fsp3) is 0.500. The van der Waals surface area contributed by atoms with E-state index < -0.39 is 5.97 Å². The first-order chi connectivity index (χ1) is 8.20. The van der Waals surface area contributed by atoms with Crippen LogP contribution in [-0.4, -0.2) is 28.6 Å². The third-order valence-corrected chi connectivity index (χ3v) is 3.13. The minimum atomic E-state index is -0.847. The Labute approximate surface area is 102 Å². The molecule has 1 aromatic carbocycles. The van der Waals surface area contributed by atoms with Crippen LogP contribution in [-0.2, 0) is 6.54 Å². The molecule has 1 saturated carbocycles. The van der Waals surface area contributed by atoms with Crippen LogP contribution in [0.5, 0.6) is 0 Å². The quantitative estimate of drug-likeness (QED) is 0.821. The zero-order valence-corrected chi connectivity index (χ0v) is 10.2. The van der Waals surface area contributed by atoms with Gasteiger partial charge in [0.05, 0.1) is 5.56 Å². The Morgan fingerprint density at radius 3 is 2.82 bits per heavy atom. The molecule has 92 valence electrons. The number of nitrogens with zero attached hydrogens (tertiary/aromatic N) is 1. The average Bonchev–Trinajstić information content (AvgIpc) is 3.13. The molecule has 1 aromatic rings. The lowest BCUT2D eigenvalue weighted by atomic mass is 10.1. The van der Waals surface area contributed by atoms with E-state index >= 15 is 0 Å². The molecule has 0 spiro atoms. The van der Waals surface area contributed by atoms with Crippen molar-refractivity contribution in [2.45, 2.75) is 38.8 Å². The first kappa shape index (κ1) is 12.1. The number of hydrogen-bond donors (Lipinski definition) is 1. The molecule has 1 N–H and O–H groups in total. The minimum absolute atomic E-state index is 0.384. The Bertz CT molecular complexity index is 399. The predicted molar refractivity (Wildman–Crippen MR) is 67.1 cm³/mol. The highest BCUT2D eigenvalue weighted by molar-refractivity contribution is 5.87. The molecule has 0 radical (unpaired) electrons. The summed E-state index contributed by atoms with van der Waals surface area (Å²) >= 11 is 0. The standard InChI is InChI=1S/C14H19NO2/c1-2-8-15(13-6-7-13)10-11-4-3-5-12(9-11)14(16)17/h3-5,9,13H,2,6-8,10H2,1H3,(H,16,17). The molecule has 3 heteroatoms. The smallest absolute Gasteiger partial charge is 0.335 e. The summed E-state index contributed by atoms with van der Waals surface area (Å²) in [4.78, 5) is 13.4. The van der Waals surface area contributed by atoms with Crippen molar-refractivity contribution in [3.8, 4) is 0 Å². The number of aromatic carboxylic acids is 1. The van der Waals surface area contributed by atoms with Gasteiger partial charge in [0, 0.05) is 12.6 Å². The lowest BCUT2D eigenvalue weighted by Gasteiger charge is -2.21. The van der Waals surface area contributed by atoms with Gasteiger partial charge < -0.3 is 5.11 Å². The fourth-order valence-electron chi connectivity index (χ4n) is 2.15. The van der Waals surface area contributed by atoms with Crippen molar-refractivity contribution in [1.29, 1.82) is 0 Å². The molecule has 1 aliphatic carbocycles. The van der Waals surface area contributed by atoms with Gasteiger partial charge in [-0.1, -0.05) is 19.1 Å². The lowest BCUT2D eigenvalue weighted by Crippen LogP contribution is -2.26. The van der Waals surface area contributed by atoms with Gasteiger partial charge >= 0.3 is 5.97 Å². The molecule has 0 unspecified atom stereocenters. The van der Waals surface area contributed by atoms with E-state index in [1.807, 2.05) is 12.1 Å². The topological polar surface area (TPSA) is 40.5 Å². The maximum absolute atomic E-state index is 10.9. The lowest BCUT2D eigenvalue weighted by molar-refractivity contribution is 0.0696. The summed E-state index contributed by atoms with van der Waals surface area (Å²) in [6, 6.07) is 8.00. The van der Waals surface area contributed by atoms with Crippen LogP contribution in [0.3, 0.4) is 0 Å². The highest BCUT2D eigenvalue weighted by atomic mass is 16.4. The largest absolute Gasteiger partial charge is 0.478 e. The molecule has 0 aliphatic heterocycles. The highest BCUT2D eigenvalue weighted by Crippen LogP contribution is 2.28. The second-order valence-electron chi connectivity index (χ2n) is 4.71. The van der Waals surface area contributed by atoms with Crippen LogP contribution < -0.4 is 0 Å². The number of carboxylic acids is 1. The monoisotopic (exact) mass is 233 g/mol. The van der Waals surface area contributed by atoms with Crippen LogP contribution in [0.4, 0.5) is 0 Å². The van der Waals surface area contributed by atoms with Gasteiger partial charge in [-0.05, 0) is 43.5 Å². The van der Waals surface area contributed by atoms with E-state index in [0.29, 0.717) is 5.56 Å². The Kier molecular flexibility index (Phi) is 3.79. The van der Waals surface area contributed by atoms with Crippen molar-refractivity contribution in [2.75, 3.05) is 6.54 Å². The fourth-order valence-corrected chi connectivity index (χ4v) is 2.15. The second-order valence-corrected chi connectivity index (χ2v) is 4.71. The van der Waals surface area contributed by atoms with Crippen molar-refractivity contribution in [3.05, 3.63) is 35.4 Å². The molecular formula is C14H19NO2. The van der Waals surface area contributed by atoms with E-state index in [4.69, 9.17) is 5.11 Å².